The van der Waals surface area contributed by atoms with Gasteiger partial charge in [0.1, 0.15) is 12.2 Å². The van der Waals surface area contributed by atoms with Gasteiger partial charge in [0.05, 0.1) is 12.2 Å². The van der Waals surface area contributed by atoms with E-state index in [1.165, 1.54) is 0 Å². The van der Waals surface area contributed by atoms with Gasteiger partial charge in [-0.2, -0.15) is 0 Å². The molecule has 0 aromatic rings. The largest absolute Gasteiger partial charge is 0.390 e. The summed E-state index contributed by atoms with van der Waals surface area (Å²) in [5, 5.41) is 19.1. The lowest BCUT2D eigenvalue weighted by Crippen LogP contribution is -2.46. The van der Waals surface area contributed by atoms with Crippen molar-refractivity contribution in [1.29, 1.82) is 0 Å². The van der Waals surface area contributed by atoms with Crippen molar-refractivity contribution < 1.29 is 19.7 Å². The molecule has 2 aliphatic rings. The summed E-state index contributed by atoms with van der Waals surface area (Å²) in [6.07, 6.45) is -1.34. The zero-order valence-electron chi connectivity index (χ0n) is 9.09. The van der Waals surface area contributed by atoms with Gasteiger partial charge in [-0.05, 0) is 12.3 Å². The van der Waals surface area contributed by atoms with Crippen LogP contribution in [0.1, 0.15) is 26.7 Å². The highest BCUT2D eigenvalue weighted by Gasteiger charge is 2.54. The molecule has 15 heavy (non-hydrogen) atoms. The topological polar surface area (TPSA) is 66.8 Å². The molecule has 1 heterocycles. The highest BCUT2D eigenvalue weighted by molar-refractivity contribution is 5.84. The number of ketones is 1. The molecule has 1 aliphatic heterocycles. The van der Waals surface area contributed by atoms with Gasteiger partial charge < -0.3 is 14.9 Å². The molecule has 2 rings (SSSR count). The van der Waals surface area contributed by atoms with Gasteiger partial charge in [-0.15, -0.1) is 0 Å². The molecule has 5 atom stereocenters. The minimum Gasteiger partial charge on any atom is -0.390 e. The smallest absolute Gasteiger partial charge is 0.162 e. The van der Waals surface area contributed by atoms with Crippen molar-refractivity contribution in [3.63, 3.8) is 0 Å². The predicted octanol–water partition coefficient (Wildman–Crippen LogP) is 0.111. The molecule has 1 aliphatic carbocycles. The molecule has 0 aromatic carbocycles. The van der Waals surface area contributed by atoms with Crippen molar-refractivity contribution >= 4 is 5.78 Å². The Morgan fingerprint density at radius 1 is 1.40 bits per heavy atom. The number of ether oxygens (including phenoxy) is 1. The molecule has 0 radical (unpaired) electrons. The monoisotopic (exact) mass is 214 g/mol. The summed E-state index contributed by atoms with van der Waals surface area (Å²) in [6, 6.07) is 0. The van der Waals surface area contributed by atoms with Crippen LogP contribution in [0.3, 0.4) is 0 Å². The lowest BCUT2D eigenvalue weighted by Gasteiger charge is -2.29. The molecule has 0 amide bonds. The summed E-state index contributed by atoms with van der Waals surface area (Å²) < 4.78 is 5.45. The Kier molecular flexibility index (Phi) is 2.83. The summed E-state index contributed by atoms with van der Waals surface area (Å²) in [6.45, 7) is 3.97. The van der Waals surface area contributed by atoms with Gasteiger partial charge in [-0.3, -0.25) is 4.79 Å². The fourth-order valence-electron chi connectivity index (χ4n) is 2.58. The Hall–Kier alpha value is -0.450. The van der Waals surface area contributed by atoms with Crippen LogP contribution < -0.4 is 0 Å². The van der Waals surface area contributed by atoms with Gasteiger partial charge in [0, 0.05) is 12.3 Å². The zero-order chi connectivity index (χ0) is 11.2. The van der Waals surface area contributed by atoms with E-state index in [4.69, 9.17) is 4.74 Å². The minimum atomic E-state index is -0.807. The SMILES string of the molecule is CC(C)CC(=O)C1OC2CC1C(O)C2O. The highest BCUT2D eigenvalue weighted by atomic mass is 16.5. The number of rotatable bonds is 3. The van der Waals surface area contributed by atoms with Crippen LogP contribution in [0.5, 0.6) is 0 Å². The summed E-state index contributed by atoms with van der Waals surface area (Å²) >= 11 is 0. The molecule has 1 saturated heterocycles. The molecule has 4 heteroatoms. The Morgan fingerprint density at radius 2 is 2.07 bits per heavy atom. The average molecular weight is 214 g/mol. The van der Waals surface area contributed by atoms with Crippen molar-refractivity contribution in [2.24, 2.45) is 11.8 Å². The molecule has 2 bridgehead atoms. The minimum absolute atomic E-state index is 0.0588. The van der Waals surface area contributed by atoms with E-state index >= 15 is 0 Å². The summed E-state index contributed by atoms with van der Waals surface area (Å²) in [7, 11) is 0. The molecule has 2 fully saturated rings. The van der Waals surface area contributed by atoms with Gasteiger partial charge in [0.2, 0.25) is 0 Å². The Morgan fingerprint density at radius 3 is 2.53 bits per heavy atom. The van der Waals surface area contributed by atoms with Gasteiger partial charge in [0.15, 0.2) is 5.78 Å². The van der Waals surface area contributed by atoms with Crippen molar-refractivity contribution in [2.75, 3.05) is 0 Å². The maximum Gasteiger partial charge on any atom is 0.162 e. The van der Waals surface area contributed by atoms with Gasteiger partial charge >= 0.3 is 0 Å². The molecular formula is C11H18O4. The normalized spacial score (nSPS) is 43.9. The first-order valence-corrected chi connectivity index (χ1v) is 5.55. The van der Waals surface area contributed by atoms with E-state index < -0.39 is 18.3 Å². The number of hydrogen-bond acceptors (Lipinski definition) is 4. The first kappa shape index (κ1) is 11.0. The molecule has 2 N–H and O–H groups in total. The van der Waals surface area contributed by atoms with Gasteiger partial charge in [-0.1, -0.05) is 13.8 Å². The van der Waals surface area contributed by atoms with Crippen molar-refractivity contribution in [3.05, 3.63) is 0 Å². The number of aliphatic hydroxyl groups is 2. The van der Waals surface area contributed by atoms with Crippen LogP contribution in [0.25, 0.3) is 0 Å². The zero-order valence-corrected chi connectivity index (χ0v) is 9.09. The average Bonchev–Trinajstić information content (AvgIpc) is 2.67. The number of carbonyl (C=O) groups is 1. The number of hydrogen-bond donors (Lipinski definition) is 2. The predicted molar refractivity (Wildman–Crippen MR) is 53.2 cm³/mol. The van der Waals surface area contributed by atoms with E-state index in [1.807, 2.05) is 13.8 Å². The molecule has 5 unspecified atom stereocenters. The third kappa shape index (κ3) is 1.82. The summed E-state index contributed by atoms with van der Waals surface area (Å²) in [5.74, 6) is 0.169. The molecule has 4 nitrogen and oxygen atoms in total. The molecule has 1 saturated carbocycles. The Balaban J connectivity index is 2.00. The second-order valence-corrected chi connectivity index (χ2v) is 5.04. The van der Waals surface area contributed by atoms with E-state index in [0.29, 0.717) is 18.8 Å². The quantitative estimate of drug-likeness (QED) is 0.700. The van der Waals surface area contributed by atoms with Crippen LogP contribution in [0.4, 0.5) is 0 Å². The standard InChI is InChI=1S/C11H18O4/c1-5(2)3-7(12)11-6-4-8(15-11)10(14)9(6)13/h5-6,8-11,13-14H,3-4H2,1-2H3. The van der Waals surface area contributed by atoms with Crippen molar-refractivity contribution in [3.8, 4) is 0 Å². The second kappa shape index (κ2) is 3.85. The van der Waals surface area contributed by atoms with Crippen LogP contribution in [0, 0.1) is 11.8 Å². The van der Waals surface area contributed by atoms with E-state index in [2.05, 4.69) is 0 Å². The number of fused-ring (bicyclic) bond motifs is 2. The second-order valence-electron chi connectivity index (χ2n) is 5.04. The van der Waals surface area contributed by atoms with E-state index in [0.717, 1.165) is 0 Å². The molecule has 0 aromatic heterocycles. The fourth-order valence-corrected chi connectivity index (χ4v) is 2.58. The van der Waals surface area contributed by atoms with E-state index in [-0.39, 0.29) is 17.8 Å². The van der Waals surface area contributed by atoms with Crippen LogP contribution in [0.15, 0.2) is 0 Å². The first-order valence-electron chi connectivity index (χ1n) is 5.55. The van der Waals surface area contributed by atoms with Crippen molar-refractivity contribution in [1.82, 2.24) is 0 Å². The highest BCUT2D eigenvalue weighted by Crippen LogP contribution is 2.41. The maximum absolute atomic E-state index is 11.8. The Bertz CT molecular complexity index is 261. The van der Waals surface area contributed by atoms with Crippen LogP contribution in [-0.2, 0) is 9.53 Å². The third-order valence-corrected chi connectivity index (χ3v) is 3.31. The summed E-state index contributed by atoms with van der Waals surface area (Å²) in [5.41, 5.74) is 0. The van der Waals surface area contributed by atoms with E-state index in [1.54, 1.807) is 0 Å². The third-order valence-electron chi connectivity index (χ3n) is 3.31. The summed E-state index contributed by atoms with van der Waals surface area (Å²) in [4.78, 5) is 11.8. The fraction of sp³-hybridized carbons (Fsp3) is 0.909. The van der Waals surface area contributed by atoms with Crippen LogP contribution >= 0.6 is 0 Å². The molecular weight excluding hydrogens is 196 g/mol. The van der Waals surface area contributed by atoms with Crippen LogP contribution in [-0.4, -0.2) is 40.4 Å². The van der Waals surface area contributed by atoms with Crippen molar-refractivity contribution in [2.45, 2.75) is 51.1 Å². The lowest BCUT2D eigenvalue weighted by atomic mass is 9.92. The number of aliphatic hydroxyl groups excluding tert-OH is 2. The van der Waals surface area contributed by atoms with Crippen LogP contribution in [0.2, 0.25) is 0 Å². The first-order chi connectivity index (χ1) is 7.00. The molecule has 0 spiro atoms. The van der Waals surface area contributed by atoms with Gasteiger partial charge in [0.25, 0.3) is 0 Å². The van der Waals surface area contributed by atoms with E-state index in [9.17, 15) is 15.0 Å². The number of carbonyl (C=O) groups excluding carboxylic acids is 1. The Labute approximate surface area is 89.2 Å². The lowest BCUT2D eigenvalue weighted by molar-refractivity contribution is -0.155. The van der Waals surface area contributed by atoms with Gasteiger partial charge in [-0.25, -0.2) is 0 Å². The maximum atomic E-state index is 11.8. The molecule has 86 valence electrons. The number of Topliss-reactive ketones (excluding diaryl/α,β-unsaturated/α-hetero) is 1.